The summed E-state index contributed by atoms with van der Waals surface area (Å²) in [4.78, 5) is 23.3. The lowest BCUT2D eigenvalue weighted by molar-refractivity contribution is 0.180. The van der Waals surface area contributed by atoms with Gasteiger partial charge in [-0.05, 0) is 89.0 Å². The second kappa shape index (κ2) is 12.6. The fourth-order valence-electron chi connectivity index (χ4n) is 3.47. The van der Waals surface area contributed by atoms with Crippen LogP contribution in [-0.4, -0.2) is 52.7 Å². The molecule has 30 heavy (non-hydrogen) atoms. The Bertz CT molecular complexity index is 777. The highest BCUT2D eigenvalue weighted by Gasteiger charge is 2.21. The number of urea groups is 1. The van der Waals surface area contributed by atoms with Crippen LogP contribution in [0.15, 0.2) is 47.4 Å². The van der Waals surface area contributed by atoms with Gasteiger partial charge in [0, 0.05) is 22.3 Å². The fraction of sp³-hybridized carbons (Fsp3) is 0.500. The number of nitrogens with one attached hydrogen (secondary N) is 1. The zero-order chi connectivity index (χ0) is 21.9. The topological polar surface area (TPSA) is 48.5 Å². The van der Waals surface area contributed by atoms with Crippen molar-refractivity contribution in [1.29, 1.82) is 0 Å². The van der Waals surface area contributed by atoms with Crippen molar-refractivity contribution in [2.45, 2.75) is 58.0 Å². The van der Waals surface area contributed by atoms with Gasteiger partial charge in [-0.15, -0.1) is 11.8 Å². The Hall–Kier alpha value is -2.05. The van der Waals surface area contributed by atoms with E-state index in [4.69, 9.17) is 0 Å². The van der Waals surface area contributed by atoms with Crippen LogP contribution in [0.3, 0.4) is 0 Å². The van der Waals surface area contributed by atoms with E-state index in [2.05, 4.69) is 36.0 Å². The molecule has 1 aromatic heterocycles. The Morgan fingerprint density at radius 2 is 1.83 bits per heavy atom. The monoisotopic (exact) mass is 428 g/mol. The summed E-state index contributed by atoms with van der Waals surface area (Å²) < 4.78 is 0. The predicted octanol–water partition coefficient (Wildman–Crippen LogP) is 5.66. The van der Waals surface area contributed by atoms with E-state index in [1.54, 1.807) is 11.8 Å². The highest BCUT2D eigenvalue weighted by atomic mass is 32.2. The van der Waals surface area contributed by atoms with Crippen molar-refractivity contribution in [3.8, 4) is 0 Å². The normalized spacial score (nSPS) is 12.1. The molecule has 1 atom stereocenters. The lowest BCUT2D eigenvalue weighted by Crippen LogP contribution is -2.41. The van der Waals surface area contributed by atoms with Crippen LogP contribution in [0.5, 0.6) is 0 Å². The molecule has 1 N–H and O–H groups in total. The maximum absolute atomic E-state index is 13.2. The first-order valence-electron chi connectivity index (χ1n) is 10.8. The number of pyridine rings is 1. The van der Waals surface area contributed by atoms with Gasteiger partial charge in [0.25, 0.3) is 0 Å². The Morgan fingerprint density at radius 3 is 2.43 bits per heavy atom. The van der Waals surface area contributed by atoms with Gasteiger partial charge in [-0.3, -0.25) is 4.98 Å². The average Bonchev–Trinajstić information content (AvgIpc) is 2.75. The van der Waals surface area contributed by atoms with Crippen LogP contribution in [0.25, 0.3) is 0 Å². The highest BCUT2D eigenvalue weighted by Crippen LogP contribution is 2.19. The second-order valence-corrected chi connectivity index (χ2v) is 8.45. The quantitative estimate of drug-likeness (QED) is 0.469. The molecule has 6 heteroatoms. The molecule has 1 aromatic carbocycles. The van der Waals surface area contributed by atoms with Crippen LogP contribution >= 0.6 is 11.8 Å². The maximum atomic E-state index is 13.2. The number of carbonyl (C=O) groups is 1. The number of nitrogens with zero attached hydrogens (tertiary/aromatic N) is 3. The summed E-state index contributed by atoms with van der Waals surface area (Å²) >= 11 is 1.69. The molecular formula is C24H36N4OS. The molecule has 0 fully saturated rings. The summed E-state index contributed by atoms with van der Waals surface area (Å²) in [6, 6.07) is 14.0. The molecule has 0 radical (unpaired) electrons. The van der Waals surface area contributed by atoms with E-state index < -0.39 is 0 Å². The number of rotatable bonds is 11. The van der Waals surface area contributed by atoms with E-state index >= 15 is 0 Å². The molecule has 164 valence electrons. The smallest absolute Gasteiger partial charge is 0.316 e. The molecular weight excluding hydrogens is 392 g/mol. The molecule has 5 nitrogen and oxygen atoms in total. The number of hydrogen-bond acceptors (Lipinski definition) is 4. The number of amides is 2. The van der Waals surface area contributed by atoms with Crippen molar-refractivity contribution in [1.82, 2.24) is 14.8 Å². The van der Waals surface area contributed by atoms with Crippen LogP contribution in [0.2, 0.25) is 0 Å². The predicted molar refractivity (Wildman–Crippen MR) is 128 cm³/mol. The number of hydrogen-bond donors (Lipinski definition) is 1. The van der Waals surface area contributed by atoms with Gasteiger partial charge in [-0.25, -0.2) is 4.79 Å². The molecule has 0 saturated heterocycles. The molecule has 2 amide bonds. The van der Waals surface area contributed by atoms with Crippen molar-refractivity contribution < 1.29 is 4.79 Å². The molecule has 0 aliphatic rings. The maximum Gasteiger partial charge on any atom is 0.322 e. The van der Waals surface area contributed by atoms with E-state index in [9.17, 15) is 4.79 Å². The Kier molecular flexibility index (Phi) is 10.2. The molecule has 0 aliphatic heterocycles. The third kappa shape index (κ3) is 7.65. The van der Waals surface area contributed by atoms with Crippen LogP contribution in [0.1, 0.15) is 45.0 Å². The van der Waals surface area contributed by atoms with Crippen LogP contribution in [-0.2, 0) is 6.54 Å². The van der Waals surface area contributed by atoms with E-state index in [1.165, 1.54) is 4.90 Å². The van der Waals surface area contributed by atoms with Gasteiger partial charge < -0.3 is 15.1 Å². The minimum Gasteiger partial charge on any atom is -0.316 e. The molecule has 1 heterocycles. The van der Waals surface area contributed by atoms with E-state index in [-0.39, 0.29) is 12.1 Å². The number of thioether (sulfide) groups is 1. The van der Waals surface area contributed by atoms with E-state index in [0.29, 0.717) is 6.54 Å². The Labute approximate surface area is 186 Å². The van der Waals surface area contributed by atoms with Gasteiger partial charge in [0.1, 0.15) is 0 Å². The number of carbonyl (C=O) groups excluding carboxylic acids is 1. The second-order valence-electron chi connectivity index (χ2n) is 7.57. The first-order chi connectivity index (χ1) is 14.5. The minimum absolute atomic E-state index is 0.0782. The standard InChI is InChI=1S/C24H36N4OS/c1-6-27(7-2)17-9-11-20(4)28(18-22-12-8-10-19(3)25-22)24(29)26-21-13-15-23(30-5)16-14-21/h8,10,12-16,20H,6-7,9,11,17-18H2,1-5H3,(H,26,29). The highest BCUT2D eigenvalue weighted by molar-refractivity contribution is 7.98. The van der Waals surface area contributed by atoms with Crippen LogP contribution in [0.4, 0.5) is 10.5 Å². The van der Waals surface area contributed by atoms with Gasteiger partial charge >= 0.3 is 6.03 Å². The van der Waals surface area contributed by atoms with Gasteiger partial charge in [0.05, 0.1) is 12.2 Å². The molecule has 0 spiro atoms. The van der Waals surface area contributed by atoms with Crippen molar-refractivity contribution in [2.24, 2.45) is 0 Å². The first-order valence-corrected chi connectivity index (χ1v) is 12.1. The van der Waals surface area contributed by atoms with Gasteiger partial charge in [-0.2, -0.15) is 0 Å². The van der Waals surface area contributed by atoms with Crippen LogP contribution in [0, 0.1) is 6.92 Å². The Balaban J connectivity index is 2.09. The third-order valence-electron chi connectivity index (χ3n) is 5.40. The average molecular weight is 429 g/mol. The summed E-state index contributed by atoms with van der Waals surface area (Å²) in [5, 5.41) is 3.07. The lowest BCUT2D eigenvalue weighted by Gasteiger charge is -2.30. The molecule has 2 rings (SSSR count). The SMILES string of the molecule is CCN(CC)CCCC(C)N(Cc1cccc(C)n1)C(=O)Nc1ccc(SC)cc1. The van der Waals surface area contributed by atoms with Crippen molar-refractivity contribution in [2.75, 3.05) is 31.2 Å². The molecule has 1 unspecified atom stereocenters. The lowest BCUT2D eigenvalue weighted by atomic mass is 10.1. The molecule has 2 aromatic rings. The van der Waals surface area contributed by atoms with Gasteiger partial charge in [-0.1, -0.05) is 19.9 Å². The molecule has 0 bridgehead atoms. The molecule has 0 aliphatic carbocycles. The summed E-state index contributed by atoms with van der Waals surface area (Å²) in [6.45, 7) is 12.2. The van der Waals surface area contributed by atoms with Crippen molar-refractivity contribution in [3.05, 3.63) is 53.9 Å². The van der Waals surface area contributed by atoms with Crippen molar-refractivity contribution >= 4 is 23.5 Å². The summed E-state index contributed by atoms with van der Waals surface area (Å²) in [6.07, 6.45) is 4.07. The third-order valence-corrected chi connectivity index (χ3v) is 6.15. The van der Waals surface area contributed by atoms with Gasteiger partial charge in [0.15, 0.2) is 0 Å². The number of aryl methyl sites for hydroxylation is 1. The van der Waals surface area contributed by atoms with E-state index in [1.807, 2.05) is 60.5 Å². The van der Waals surface area contributed by atoms with Crippen molar-refractivity contribution in [3.63, 3.8) is 0 Å². The molecule has 0 saturated carbocycles. The Morgan fingerprint density at radius 1 is 1.13 bits per heavy atom. The van der Waals surface area contributed by atoms with E-state index in [0.717, 1.165) is 49.6 Å². The number of benzene rings is 1. The van der Waals surface area contributed by atoms with Gasteiger partial charge in [0.2, 0.25) is 0 Å². The fourth-order valence-corrected chi connectivity index (χ4v) is 3.87. The summed E-state index contributed by atoms with van der Waals surface area (Å²) in [5.41, 5.74) is 2.70. The summed E-state index contributed by atoms with van der Waals surface area (Å²) in [7, 11) is 0. The summed E-state index contributed by atoms with van der Waals surface area (Å²) in [5.74, 6) is 0. The first kappa shape index (κ1) is 24.2. The number of anilines is 1. The zero-order valence-electron chi connectivity index (χ0n) is 19.0. The largest absolute Gasteiger partial charge is 0.322 e. The number of aromatic nitrogens is 1. The minimum atomic E-state index is -0.0782. The zero-order valence-corrected chi connectivity index (χ0v) is 19.8. The van der Waals surface area contributed by atoms with Crippen LogP contribution < -0.4 is 5.32 Å².